The summed E-state index contributed by atoms with van der Waals surface area (Å²) in [5.74, 6) is -1.97. The number of nitro groups is 1. The van der Waals surface area contributed by atoms with Gasteiger partial charge in [-0.2, -0.15) is 5.26 Å². The van der Waals surface area contributed by atoms with E-state index in [9.17, 15) is 30.1 Å². The lowest BCUT2D eigenvalue weighted by Gasteiger charge is -2.17. The number of aromatic hydroxyl groups is 1. The molecule has 138 valence electrons. The third kappa shape index (κ3) is 4.70. The number of hydrogen-bond donors (Lipinski definition) is 1. The monoisotopic (exact) mass is 363 g/mol. The van der Waals surface area contributed by atoms with Crippen LogP contribution >= 0.6 is 0 Å². The Bertz CT molecular complexity index is 792. The van der Waals surface area contributed by atoms with Crippen molar-refractivity contribution < 1.29 is 29.1 Å². The highest BCUT2D eigenvalue weighted by atomic mass is 16.7. The molecule has 10 nitrogen and oxygen atoms in total. The second-order valence-electron chi connectivity index (χ2n) is 4.85. The molecule has 26 heavy (non-hydrogen) atoms. The average molecular weight is 363 g/mol. The van der Waals surface area contributed by atoms with E-state index in [4.69, 9.17) is 0 Å². The van der Waals surface area contributed by atoms with E-state index in [0.29, 0.717) is 13.1 Å². The normalized spacial score (nSPS) is 10.6. The number of methoxy groups -OCH3 is 1. The maximum atomic E-state index is 12.3. The summed E-state index contributed by atoms with van der Waals surface area (Å²) in [4.78, 5) is 35.1. The van der Waals surface area contributed by atoms with Gasteiger partial charge in [-0.25, -0.2) is 4.79 Å². The summed E-state index contributed by atoms with van der Waals surface area (Å²) in [5.41, 5.74) is -1.01. The molecule has 0 aromatic heterocycles. The molecule has 10 heteroatoms. The number of phenolic OH excluding ortho intramolecular Hbond substituents is 1. The highest BCUT2D eigenvalue weighted by molar-refractivity contribution is 6.01. The van der Waals surface area contributed by atoms with Gasteiger partial charge in [-0.1, -0.05) is 0 Å². The number of nitriles is 1. The maximum absolute atomic E-state index is 12.3. The molecule has 0 radical (unpaired) electrons. The van der Waals surface area contributed by atoms with Gasteiger partial charge in [-0.3, -0.25) is 14.9 Å². The van der Waals surface area contributed by atoms with E-state index in [2.05, 4.69) is 9.47 Å². The van der Waals surface area contributed by atoms with E-state index in [1.54, 1.807) is 19.9 Å². The Kier molecular flexibility index (Phi) is 7.09. The van der Waals surface area contributed by atoms with Crippen LogP contribution in [0.25, 0.3) is 6.08 Å². The molecule has 0 atom stereocenters. The van der Waals surface area contributed by atoms with Crippen LogP contribution in [0.1, 0.15) is 19.4 Å². The molecule has 0 aliphatic heterocycles. The zero-order chi connectivity index (χ0) is 19.9. The van der Waals surface area contributed by atoms with Gasteiger partial charge in [0.2, 0.25) is 5.75 Å². The molecule has 0 aliphatic rings. The molecule has 1 aromatic rings. The van der Waals surface area contributed by atoms with Crippen LogP contribution in [-0.4, -0.2) is 47.2 Å². The van der Waals surface area contributed by atoms with Crippen LogP contribution in [0, 0.1) is 21.4 Å². The minimum atomic E-state index is -1.20. The zero-order valence-electron chi connectivity index (χ0n) is 14.4. The van der Waals surface area contributed by atoms with Gasteiger partial charge in [-0.15, -0.1) is 0 Å². The highest BCUT2D eigenvalue weighted by Gasteiger charge is 2.23. The quantitative estimate of drug-likeness (QED) is 0.202. The number of carbonyl (C=O) groups is 2. The molecule has 1 aromatic carbocycles. The smallest absolute Gasteiger partial charge is 0.499 e. The Hall–Kier alpha value is -3.61. The van der Waals surface area contributed by atoms with Crippen molar-refractivity contribution in [3.63, 3.8) is 0 Å². The lowest BCUT2D eigenvalue weighted by atomic mass is 10.1. The van der Waals surface area contributed by atoms with E-state index in [0.717, 1.165) is 25.3 Å². The number of amides is 1. The van der Waals surface area contributed by atoms with Crippen LogP contribution in [0.4, 0.5) is 10.5 Å². The summed E-state index contributed by atoms with van der Waals surface area (Å²) in [6.07, 6.45) is -0.0903. The Morgan fingerprint density at radius 2 is 2.00 bits per heavy atom. The van der Waals surface area contributed by atoms with Crippen molar-refractivity contribution in [3.8, 4) is 17.6 Å². The zero-order valence-corrected chi connectivity index (χ0v) is 14.4. The van der Waals surface area contributed by atoms with Crippen molar-refractivity contribution in [1.29, 1.82) is 5.26 Å². The molecule has 0 saturated carbocycles. The number of rotatable bonds is 6. The average Bonchev–Trinajstić information content (AvgIpc) is 2.62. The van der Waals surface area contributed by atoms with Crippen LogP contribution in [0.2, 0.25) is 0 Å². The molecule has 0 saturated heterocycles. The fourth-order valence-electron chi connectivity index (χ4n) is 2.04. The second-order valence-corrected chi connectivity index (χ2v) is 4.85. The topological polar surface area (TPSA) is 143 Å². The molecule has 1 N–H and O–H groups in total. The number of ether oxygens (including phenoxy) is 2. The van der Waals surface area contributed by atoms with Crippen molar-refractivity contribution in [2.75, 3.05) is 20.2 Å². The number of carbonyl (C=O) groups excluding carboxylic acids is 2. The van der Waals surface area contributed by atoms with E-state index < -0.39 is 34.2 Å². The fraction of sp³-hybridized carbons (Fsp3) is 0.312. The number of nitro benzene ring substituents is 1. The number of likely N-dealkylation sites (N-methyl/N-ethyl adjacent to an activating group) is 1. The first-order valence-corrected chi connectivity index (χ1v) is 7.47. The van der Waals surface area contributed by atoms with Crippen LogP contribution in [0.15, 0.2) is 17.7 Å². The van der Waals surface area contributed by atoms with E-state index in [1.807, 2.05) is 0 Å². The van der Waals surface area contributed by atoms with Crippen LogP contribution in [0.5, 0.6) is 11.5 Å². The maximum Gasteiger partial charge on any atom is 0.513 e. The van der Waals surface area contributed by atoms with Gasteiger partial charge >= 0.3 is 11.8 Å². The number of hydrogen-bond acceptors (Lipinski definition) is 8. The molecule has 0 unspecified atom stereocenters. The lowest BCUT2D eigenvalue weighted by molar-refractivity contribution is -0.385. The predicted octanol–water partition coefficient (Wildman–Crippen LogP) is 2.22. The standard InChI is InChI=1S/C16H17N3O7/c1-4-18(5-2)15(21)11(9-17)6-10-7-12(19(23)24)14(20)13(8-10)26-16(22)25-3/h6-8,20H,4-5H2,1-3H3/b11-6+. The molecule has 0 heterocycles. The first kappa shape index (κ1) is 20.4. The van der Waals surface area contributed by atoms with Gasteiger partial charge in [0, 0.05) is 19.2 Å². The molecule has 0 bridgehead atoms. The SMILES string of the molecule is CCN(CC)C(=O)/C(C#N)=C/c1cc(OC(=O)OC)c(O)c([N+](=O)[O-])c1. The second kappa shape index (κ2) is 9.03. The first-order valence-electron chi connectivity index (χ1n) is 7.47. The molecule has 0 spiro atoms. The summed E-state index contributed by atoms with van der Waals surface area (Å²) in [6.45, 7) is 4.23. The van der Waals surface area contributed by atoms with Gasteiger partial charge < -0.3 is 19.5 Å². The molecule has 0 aliphatic carbocycles. The minimum Gasteiger partial charge on any atom is -0.499 e. The number of benzene rings is 1. The van der Waals surface area contributed by atoms with E-state index in [1.165, 1.54) is 4.90 Å². The van der Waals surface area contributed by atoms with E-state index in [-0.39, 0.29) is 11.1 Å². The van der Waals surface area contributed by atoms with Crippen LogP contribution < -0.4 is 4.74 Å². The molecule has 1 amide bonds. The van der Waals surface area contributed by atoms with Crippen molar-refractivity contribution in [2.24, 2.45) is 0 Å². The van der Waals surface area contributed by atoms with Crippen molar-refractivity contribution >= 4 is 23.8 Å². The summed E-state index contributed by atoms with van der Waals surface area (Å²) < 4.78 is 8.95. The highest BCUT2D eigenvalue weighted by Crippen LogP contribution is 2.38. The molecule has 0 fully saturated rings. The van der Waals surface area contributed by atoms with Gasteiger partial charge in [0.25, 0.3) is 5.91 Å². The molecular weight excluding hydrogens is 346 g/mol. The summed E-state index contributed by atoms with van der Waals surface area (Å²) >= 11 is 0. The van der Waals surface area contributed by atoms with Gasteiger partial charge in [0.1, 0.15) is 11.6 Å². The largest absolute Gasteiger partial charge is 0.513 e. The van der Waals surface area contributed by atoms with Crippen molar-refractivity contribution in [2.45, 2.75) is 13.8 Å². The summed E-state index contributed by atoms with van der Waals surface area (Å²) in [5, 5.41) is 30.2. The van der Waals surface area contributed by atoms with Crippen molar-refractivity contribution in [1.82, 2.24) is 4.90 Å². The Morgan fingerprint density at radius 1 is 1.38 bits per heavy atom. The van der Waals surface area contributed by atoms with Gasteiger partial charge in [0.05, 0.1) is 12.0 Å². The lowest BCUT2D eigenvalue weighted by Crippen LogP contribution is -2.31. The first-order chi connectivity index (χ1) is 12.3. The summed E-state index contributed by atoms with van der Waals surface area (Å²) in [7, 11) is 1.02. The number of phenols is 1. The number of nitrogens with zero attached hydrogens (tertiary/aromatic N) is 3. The third-order valence-corrected chi connectivity index (χ3v) is 3.35. The Balaban J connectivity index is 3.46. The molecular formula is C16H17N3O7. The predicted molar refractivity (Wildman–Crippen MR) is 89.3 cm³/mol. The van der Waals surface area contributed by atoms with Gasteiger partial charge in [0.15, 0.2) is 5.75 Å². The Labute approximate surface area is 149 Å². The van der Waals surface area contributed by atoms with E-state index >= 15 is 0 Å². The fourth-order valence-corrected chi connectivity index (χ4v) is 2.04. The van der Waals surface area contributed by atoms with Crippen LogP contribution in [0.3, 0.4) is 0 Å². The Morgan fingerprint density at radius 3 is 2.46 bits per heavy atom. The summed E-state index contributed by atoms with van der Waals surface area (Å²) in [6, 6.07) is 3.77. The van der Waals surface area contributed by atoms with Crippen molar-refractivity contribution in [3.05, 3.63) is 33.4 Å². The minimum absolute atomic E-state index is 0.0189. The molecule has 1 rings (SSSR count). The third-order valence-electron chi connectivity index (χ3n) is 3.35. The van der Waals surface area contributed by atoms with Gasteiger partial charge in [-0.05, 0) is 31.6 Å². The van der Waals surface area contributed by atoms with Crippen LogP contribution in [-0.2, 0) is 9.53 Å².